The minimum absolute atomic E-state index is 0.0141. The number of amides is 1. The molecule has 1 atom stereocenters. The van der Waals surface area contributed by atoms with Gasteiger partial charge in [0.2, 0.25) is 5.91 Å². The number of carbonyl (C=O) groups is 1. The van der Waals surface area contributed by atoms with Crippen LogP contribution in [-0.4, -0.2) is 38.1 Å². The fourth-order valence-electron chi connectivity index (χ4n) is 3.61. The standard InChI is InChI=1S/C23H30N2O3/c1-5-16(2)17-6-8-20(9-7-17)24-23(26)15-25-11-10-18-12-21(27-3)22(28-4)13-19(18)14-25/h6-9,12-13,16H,5,10-11,14-15H2,1-4H3,(H,24,26)/t16-/m1/s1. The molecule has 0 spiro atoms. The van der Waals surface area contributed by atoms with Crippen molar-refractivity contribution in [3.05, 3.63) is 53.1 Å². The number of ether oxygens (including phenoxy) is 2. The summed E-state index contributed by atoms with van der Waals surface area (Å²) in [6.45, 7) is 6.36. The summed E-state index contributed by atoms with van der Waals surface area (Å²) in [5.41, 5.74) is 4.60. The predicted molar refractivity (Wildman–Crippen MR) is 112 cm³/mol. The van der Waals surface area contributed by atoms with Gasteiger partial charge >= 0.3 is 0 Å². The van der Waals surface area contributed by atoms with Gasteiger partial charge in [0.1, 0.15) is 0 Å². The van der Waals surface area contributed by atoms with Crippen molar-refractivity contribution in [1.82, 2.24) is 4.90 Å². The van der Waals surface area contributed by atoms with Crippen molar-refractivity contribution in [3.8, 4) is 11.5 Å². The lowest BCUT2D eigenvalue weighted by atomic mass is 9.98. The summed E-state index contributed by atoms with van der Waals surface area (Å²) in [5, 5.41) is 3.01. The van der Waals surface area contributed by atoms with E-state index in [9.17, 15) is 4.79 Å². The molecule has 150 valence electrons. The predicted octanol–water partition coefficient (Wildman–Crippen LogP) is 4.21. The Morgan fingerprint density at radius 3 is 2.36 bits per heavy atom. The average Bonchev–Trinajstić information content (AvgIpc) is 2.72. The molecule has 1 aliphatic heterocycles. The zero-order chi connectivity index (χ0) is 20.1. The number of anilines is 1. The van der Waals surface area contributed by atoms with Gasteiger partial charge in [0.25, 0.3) is 0 Å². The first kappa shape index (κ1) is 20.2. The van der Waals surface area contributed by atoms with E-state index < -0.39 is 0 Å². The molecule has 5 nitrogen and oxygen atoms in total. The van der Waals surface area contributed by atoms with Crippen LogP contribution in [0.5, 0.6) is 11.5 Å². The molecule has 2 aromatic carbocycles. The topological polar surface area (TPSA) is 50.8 Å². The van der Waals surface area contributed by atoms with Crippen LogP contribution in [0.4, 0.5) is 5.69 Å². The van der Waals surface area contributed by atoms with Crippen molar-refractivity contribution in [2.24, 2.45) is 0 Å². The van der Waals surface area contributed by atoms with E-state index >= 15 is 0 Å². The zero-order valence-electron chi connectivity index (χ0n) is 17.2. The zero-order valence-corrected chi connectivity index (χ0v) is 17.2. The number of fused-ring (bicyclic) bond motifs is 1. The van der Waals surface area contributed by atoms with Crippen molar-refractivity contribution >= 4 is 11.6 Å². The number of carbonyl (C=O) groups excluding carboxylic acids is 1. The fraction of sp³-hybridized carbons (Fsp3) is 0.435. The molecule has 1 amide bonds. The number of benzene rings is 2. The molecule has 0 radical (unpaired) electrons. The summed E-state index contributed by atoms with van der Waals surface area (Å²) in [4.78, 5) is 14.7. The van der Waals surface area contributed by atoms with E-state index in [0.29, 0.717) is 12.5 Å². The van der Waals surface area contributed by atoms with E-state index in [2.05, 4.69) is 36.2 Å². The van der Waals surface area contributed by atoms with Gasteiger partial charge in [-0.15, -0.1) is 0 Å². The molecule has 0 unspecified atom stereocenters. The van der Waals surface area contributed by atoms with Crippen molar-refractivity contribution in [3.63, 3.8) is 0 Å². The SMILES string of the molecule is CC[C@@H](C)c1ccc(NC(=O)CN2CCc3cc(OC)c(OC)cc3C2)cc1. The van der Waals surface area contributed by atoms with E-state index in [4.69, 9.17) is 9.47 Å². The first-order valence-electron chi connectivity index (χ1n) is 9.90. The van der Waals surface area contributed by atoms with Crippen molar-refractivity contribution in [2.75, 3.05) is 32.6 Å². The number of nitrogens with zero attached hydrogens (tertiary/aromatic N) is 1. The lowest BCUT2D eigenvalue weighted by Crippen LogP contribution is -2.37. The minimum atomic E-state index is 0.0141. The molecule has 3 rings (SSSR count). The Bertz CT molecular complexity index is 817. The maximum absolute atomic E-state index is 12.5. The molecule has 0 aromatic heterocycles. The van der Waals surface area contributed by atoms with Gasteiger partial charge < -0.3 is 14.8 Å². The van der Waals surface area contributed by atoms with Crippen molar-refractivity contribution in [2.45, 2.75) is 39.2 Å². The Morgan fingerprint density at radius 1 is 1.11 bits per heavy atom. The molecule has 5 heteroatoms. The third-order valence-corrected chi connectivity index (χ3v) is 5.54. The quantitative estimate of drug-likeness (QED) is 0.779. The van der Waals surface area contributed by atoms with E-state index in [1.54, 1.807) is 14.2 Å². The molecule has 1 aliphatic rings. The third kappa shape index (κ3) is 4.65. The lowest BCUT2D eigenvalue weighted by Gasteiger charge is -2.29. The molecule has 0 bridgehead atoms. The second kappa shape index (κ2) is 9.11. The Labute approximate surface area is 167 Å². The van der Waals surface area contributed by atoms with Gasteiger partial charge in [-0.05, 0) is 59.7 Å². The minimum Gasteiger partial charge on any atom is -0.493 e. The molecule has 2 aromatic rings. The normalized spacial score (nSPS) is 14.9. The third-order valence-electron chi connectivity index (χ3n) is 5.54. The van der Waals surface area contributed by atoms with Crippen LogP contribution in [-0.2, 0) is 17.8 Å². The Balaban J connectivity index is 1.60. The number of methoxy groups -OCH3 is 2. The monoisotopic (exact) mass is 382 g/mol. The number of hydrogen-bond acceptors (Lipinski definition) is 4. The highest BCUT2D eigenvalue weighted by molar-refractivity contribution is 5.92. The highest BCUT2D eigenvalue weighted by atomic mass is 16.5. The van der Waals surface area contributed by atoms with Gasteiger partial charge in [0.05, 0.1) is 20.8 Å². The van der Waals surface area contributed by atoms with Crippen molar-refractivity contribution in [1.29, 1.82) is 0 Å². The van der Waals surface area contributed by atoms with Gasteiger partial charge in [-0.1, -0.05) is 26.0 Å². The molecule has 0 saturated carbocycles. The van der Waals surface area contributed by atoms with E-state index in [1.165, 1.54) is 16.7 Å². The average molecular weight is 383 g/mol. The van der Waals surface area contributed by atoms with Crippen LogP contribution in [0.1, 0.15) is 42.9 Å². The van der Waals surface area contributed by atoms with Gasteiger partial charge in [-0.3, -0.25) is 9.69 Å². The van der Waals surface area contributed by atoms with Crippen LogP contribution < -0.4 is 14.8 Å². The summed E-state index contributed by atoms with van der Waals surface area (Å²) in [7, 11) is 3.30. The summed E-state index contributed by atoms with van der Waals surface area (Å²) < 4.78 is 10.8. The number of nitrogens with one attached hydrogen (secondary N) is 1. The second-order valence-corrected chi connectivity index (χ2v) is 7.42. The Morgan fingerprint density at radius 2 is 1.75 bits per heavy atom. The first-order valence-corrected chi connectivity index (χ1v) is 9.90. The summed E-state index contributed by atoms with van der Waals surface area (Å²) in [5.74, 6) is 2.04. The second-order valence-electron chi connectivity index (χ2n) is 7.42. The Hall–Kier alpha value is -2.53. The van der Waals surface area contributed by atoms with Gasteiger partial charge in [-0.25, -0.2) is 0 Å². The molecule has 0 saturated heterocycles. The molecule has 0 fully saturated rings. The molecule has 1 N–H and O–H groups in total. The smallest absolute Gasteiger partial charge is 0.238 e. The molecule has 1 heterocycles. The maximum atomic E-state index is 12.5. The van der Waals surface area contributed by atoms with Crippen LogP contribution in [0, 0.1) is 0 Å². The first-order chi connectivity index (χ1) is 13.5. The Kier molecular flexibility index (Phi) is 6.57. The summed E-state index contributed by atoms with van der Waals surface area (Å²) >= 11 is 0. The largest absolute Gasteiger partial charge is 0.493 e. The van der Waals surface area contributed by atoms with Crippen LogP contribution in [0.25, 0.3) is 0 Å². The number of rotatable bonds is 7. The van der Waals surface area contributed by atoms with Crippen LogP contribution in [0.3, 0.4) is 0 Å². The lowest BCUT2D eigenvalue weighted by molar-refractivity contribution is -0.117. The summed E-state index contributed by atoms with van der Waals surface area (Å²) in [6, 6.07) is 12.2. The van der Waals surface area contributed by atoms with Gasteiger partial charge in [0, 0.05) is 18.8 Å². The van der Waals surface area contributed by atoms with Gasteiger partial charge in [0.15, 0.2) is 11.5 Å². The van der Waals surface area contributed by atoms with E-state index in [1.807, 2.05) is 24.3 Å². The van der Waals surface area contributed by atoms with Gasteiger partial charge in [-0.2, -0.15) is 0 Å². The van der Waals surface area contributed by atoms with Crippen LogP contribution >= 0.6 is 0 Å². The molecule has 28 heavy (non-hydrogen) atoms. The van der Waals surface area contributed by atoms with Crippen molar-refractivity contribution < 1.29 is 14.3 Å². The molecular weight excluding hydrogens is 352 g/mol. The molecular formula is C23H30N2O3. The highest BCUT2D eigenvalue weighted by Crippen LogP contribution is 2.33. The number of hydrogen-bond donors (Lipinski definition) is 1. The fourth-order valence-corrected chi connectivity index (χ4v) is 3.61. The highest BCUT2D eigenvalue weighted by Gasteiger charge is 2.21. The maximum Gasteiger partial charge on any atom is 0.238 e. The van der Waals surface area contributed by atoms with Crippen LogP contribution in [0.2, 0.25) is 0 Å². The summed E-state index contributed by atoms with van der Waals surface area (Å²) in [6.07, 6.45) is 2.01. The van der Waals surface area contributed by atoms with E-state index in [-0.39, 0.29) is 5.91 Å². The molecule has 0 aliphatic carbocycles. The van der Waals surface area contributed by atoms with E-state index in [0.717, 1.165) is 43.1 Å². The van der Waals surface area contributed by atoms with Crippen LogP contribution in [0.15, 0.2) is 36.4 Å².